The van der Waals surface area contributed by atoms with Gasteiger partial charge >= 0.3 is 5.97 Å². The number of para-hydroxylation sites is 1. The molecule has 1 heterocycles. The number of nitro groups is 1. The number of ether oxygens (including phenoxy) is 2. The van der Waals surface area contributed by atoms with E-state index in [9.17, 15) is 19.7 Å². The molecular weight excluding hydrogens is 542 g/mol. The number of carbonyl (C=O) groups excluding carboxylic acids is 2. The summed E-state index contributed by atoms with van der Waals surface area (Å²) >= 11 is 1.46. The van der Waals surface area contributed by atoms with E-state index in [-0.39, 0.29) is 29.6 Å². The van der Waals surface area contributed by atoms with Gasteiger partial charge in [0.25, 0.3) is 11.6 Å². The summed E-state index contributed by atoms with van der Waals surface area (Å²) < 4.78 is 11.2. The minimum atomic E-state index is -1.14. The summed E-state index contributed by atoms with van der Waals surface area (Å²) in [7, 11) is 5.53. The first-order chi connectivity index (χ1) is 18.3. The van der Waals surface area contributed by atoms with Gasteiger partial charge in [-0.25, -0.2) is 4.79 Å². The lowest BCUT2D eigenvalue weighted by atomic mass is 10.0. The van der Waals surface area contributed by atoms with Crippen molar-refractivity contribution in [2.45, 2.75) is 22.7 Å². The first-order valence-electron chi connectivity index (χ1n) is 12.1. The molecule has 2 unspecified atom stereocenters. The van der Waals surface area contributed by atoms with E-state index in [4.69, 9.17) is 9.47 Å². The molecule has 39 heavy (non-hydrogen) atoms. The number of methoxy groups -OCH3 is 1. The van der Waals surface area contributed by atoms with Gasteiger partial charge in [-0.2, -0.15) is 0 Å². The summed E-state index contributed by atoms with van der Waals surface area (Å²) in [6.45, 7) is 1.24. The van der Waals surface area contributed by atoms with E-state index in [1.165, 1.54) is 36.0 Å². The molecule has 0 saturated carbocycles. The number of halogens is 1. The van der Waals surface area contributed by atoms with E-state index in [1.807, 2.05) is 50.5 Å². The highest BCUT2D eigenvalue weighted by molar-refractivity contribution is 7.99. The third-order valence-electron chi connectivity index (χ3n) is 6.17. The van der Waals surface area contributed by atoms with Crippen LogP contribution in [0.5, 0.6) is 5.75 Å². The number of fused-ring (bicyclic) bond motifs is 1. The van der Waals surface area contributed by atoms with Crippen molar-refractivity contribution in [2.75, 3.05) is 39.2 Å². The first-order valence-corrected chi connectivity index (χ1v) is 13.0. The Morgan fingerprint density at radius 3 is 2.33 bits per heavy atom. The van der Waals surface area contributed by atoms with E-state index in [0.717, 1.165) is 29.1 Å². The molecule has 0 saturated heterocycles. The van der Waals surface area contributed by atoms with Crippen molar-refractivity contribution in [1.29, 1.82) is 0 Å². The van der Waals surface area contributed by atoms with Gasteiger partial charge in [-0.15, -0.1) is 24.2 Å². The molecule has 0 N–H and O–H groups in total. The van der Waals surface area contributed by atoms with Crippen molar-refractivity contribution in [3.8, 4) is 5.75 Å². The maximum absolute atomic E-state index is 14.1. The number of hydrogen-bond acceptors (Lipinski definition) is 8. The fraction of sp³-hybridized carbons (Fsp3) is 0.286. The van der Waals surface area contributed by atoms with Gasteiger partial charge in [-0.05, 0) is 69.0 Å². The second-order valence-electron chi connectivity index (χ2n) is 9.06. The molecule has 1 aliphatic heterocycles. The van der Waals surface area contributed by atoms with Gasteiger partial charge in [0.15, 0.2) is 6.10 Å². The average molecular weight is 572 g/mol. The van der Waals surface area contributed by atoms with Crippen LogP contribution in [0.4, 0.5) is 11.4 Å². The molecule has 0 aromatic heterocycles. The Balaban J connectivity index is 0.00000420. The molecule has 0 fully saturated rings. The van der Waals surface area contributed by atoms with Gasteiger partial charge in [-0.3, -0.25) is 14.9 Å². The summed E-state index contributed by atoms with van der Waals surface area (Å²) in [5.74, 6) is -0.377. The Bertz CT molecular complexity index is 1300. The summed E-state index contributed by atoms with van der Waals surface area (Å²) in [4.78, 5) is 42.5. The predicted molar refractivity (Wildman–Crippen MR) is 153 cm³/mol. The molecule has 9 nitrogen and oxygen atoms in total. The third-order valence-corrected chi connectivity index (χ3v) is 7.55. The molecule has 0 radical (unpaired) electrons. The zero-order valence-electron chi connectivity index (χ0n) is 21.8. The molecule has 206 valence electrons. The highest BCUT2D eigenvalue weighted by atomic mass is 35.5. The Labute approximate surface area is 237 Å². The van der Waals surface area contributed by atoms with Crippen molar-refractivity contribution < 1.29 is 24.0 Å². The predicted octanol–water partition coefficient (Wildman–Crippen LogP) is 5.38. The van der Waals surface area contributed by atoms with Crippen molar-refractivity contribution in [3.05, 3.63) is 94.0 Å². The maximum atomic E-state index is 14.1. The number of esters is 1. The van der Waals surface area contributed by atoms with Gasteiger partial charge < -0.3 is 19.3 Å². The molecule has 0 bridgehead atoms. The van der Waals surface area contributed by atoms with Crippen LogP contribution in [-0.4, -0.2) is 62.1 Å². The lowest BCUT2D eigenvalue weighted by Crippen LogP contribution is -2.43. The molecule has 3 aromatic carbocycles. The number of hydrogen-bond donors (Lipinski definition) is 0. The molecule has 2 atom stereocenters. The number of anilines is 1. The standard InChI is InChI=1S/C28H29N3O6S.ClH/c1-29(2)17-6-18-30-23-7-4-5-8-24(23)38-26(19-11-15-22(36-3)16-12-19)25(27(30)32)37-28(33)20-9-13-21(14-10-20)31(34)35;/h4-5,7-16,25-26H,6,17-18H2,1-3H3;1H. The molecule has 4 rings (SSSR count). The van der Waals surface area contributed by atoms with Crippen LogP contribution in [-0.2, 0) is 9.53 Å². The van der Waals surface area contributed by atoms with E-state index in [2.05, 4.69) is 4.90 Å². The first kappa shape index (κ1) is 29.9. The molecule has 1 aliphatic rings. The zero-order chi connectivity index (χ0) is 27.2. The Morgan fingerprint density at radius 1 is 1.05 bits per heavy atom. The largest absolute Gasteiger partial charge is 0.497 e. The van der Waals surface area contributed by atoms with Crippen molar-refractivity contribution in [1.82, 2.24) is 4.90 Å². The Morgan fingerprint density at radius 2 is 1.72 bits per heavy atom. The fourth-order valence-corrected chi connectivity index (χ4v) is 5.53. The van der Waals surface area contributed by atoms with Crippen LogP contribution in [0.3, 0.4) is 0 Å². The minimum Gasteiger partial charge on any atom is -0.497 e. The second-order valence-corrected chi connectivity index (χ2v) is 10.2. The third kappa shape index (κ3) is 7.08. The minimum absolute atomic E-state index is 0. The molecule has 0 spiro atoms. The van der Waals surface area contributed by atoms with Gasteiger partial charge in [-0.1, -0.05) is 24.3 Å². The quantitative estimate of drug-likeness (QED) is 0.191. The highest BCUT2D eigenvalue weighted by Crippen LogP contribution is 2.47. The Kier molecular flexibility index (Phi) is 10.3. The molecule has 1 amide bonds. The van der Waals surface area contributed by atoms with Crippen LogP contribution in [0.15, 0.2) is 77.7 Å². The van der Waals surface area contributed by atoms with Crippen LogP contribution >= 0.6 is 24.2 Å². The summed E-state index contributed by atoms with van der Waals surface area (Å²) in [5, 5.41) is 10.5. The van der Waals surface area contributed by atoms with Gasteiger partial charge in [0.05, 0.1) is 28.5 Å². The number of carbonyl (C=O) groups is 2. The van der Waals surface area contributed by atoms with E-state index >= 15 is 0 Å². The fourth-order valence-electron chi connectivity index (χ4n) is 4.21. The van der Waals surface area contributed by atoms with Crippen LogP contribution in [0.2, 0.25) is 0 Å². The van der Waals surface area contributed by atoms with Crippen LogP contribution in [0, 0.1) is 10.1 Å². The van der Waals surface area contributed by atoms with Crippen LogP contribution in [0.25, 0.3) is 0 Å². The summed E-state index contributed by atoms with van der Waals surface area (Å²) in [6, 6.07) is 20.2. The molecular formula is C28H30ClN3O6S. The number of rotatable bonds is 9. The van der Waals surface area contributed by atoms with Crippen molar-refractivity contribution in [3.63, 3.8) is 0 Å². The number of nitrogens with zero attached hydrogens (tertiary/aromatic N) is 3. The van der Waals surface area contributed by atoms with Crippen molar-refractivity contribution in [2.24, 2.45) is 0 Å². The second kappa shape index (κ2) is 13.5. The van der Waals surface area contributed by atoms with E-state index in [0.29, 0.717) is 12.3 Å². The monoisotopic (exact) mass is 571 g/mol. The number of benzene rings is 3. The highest BCUT2D eigenvalue weighted by Gasteiger charge is 2.41. The number of nitro benzene ring substituents is 1. The van der Waals surface area contributed by atoms with Crippen molar-refractivity contribution >= 4 is 47.4 Å². The normalized spacial score (nSPS) is 16.6. The lowest BCUT2D eigenvalue weighted by molar-refractivity contribution is -0.384. The lowest BCUT2D eigenvalue weighted by Gasteiger charge is -2.28. The average Bonchev–Trinajstić information content (AvgIpc) is 3.03. The van der Waals surface area contributed by atoms with E-state index in [1.54, 1.807) is 24.1 Å². The van der Waals surface area contributed by atoms with Crippen LogP contribution < -0.4 is 9.64 Å². The molecule has 0 aliphatic carbocycles. The maximum Gasteiger partial charge on any atom is 0.338 e. The summed E-state index contributed by atoms with van der Waals surface area (Å²) in [5.41, 5.74) is 1.56. The number of non-ortho nitro benzene ring substituents is 1. The smallest absolute Gasteiger partial charge is 0.338 e. The van der Waals surface area contributed by atoms with Gasteiger partial charge in [0.2, 0.25) is 0 Å². The van der Waals surface area contributed by atoms with Gasteiger partial charge in [0, 0.05) is 23.6 Å². The molecule has 11 heteroatoms. The van der Waals surface area contributed by atoms with Crippen LogP contribution in [0.1, 0.15) is 27.6 Å². The summed E-state index contributed by atoms with van der Waals surface area (Å²) in [6.07, 6.45) is -0.406. The topological polar surface area (TPSA) is 102 Å². The molecule has 3 aromatic rings. The Hall–Kier alpha value is -3.60. The van der Waals surface area contributed by atoms with Gasteiger partial charge in [0.1, 0.15) is 5.75 Å². The number of amides is 1. The van der Waals surface area contributed by atoms with E-state index < -0.39 is 22.2 Å². The zero-order valence-corrected chi connectivity index (χ0v) is 23.4. The number of thioether (sulfide) groups is 1. The SMILES string of the molecule is COc1ccc(C2Sc3ccccc3N(CCCN(C)C)C(=O)C2OC(=O)c2ccc([N+](=O)[O-])cc2)cc1.Cl.